The highest BCUT2D eigenvalue weighted by Gasteiger charge is 2.18. The Morgan fingerprint density at radius 2 is 2.25 bits per heavy atom. The molecule has 16 heavy (non-hydrogen) atoms. The summed E-state index contributed by atoms with van der Waals surface area (Å²) in [5.74, 6) is 0. The average Bonchev–Trinajstić information content (AvgIpc) is 2.34. The van der Waals surface area contributed by atoms with Crippen LogP contribution in [0.1, 0.15) is 19.8 Å². The van der Waals surface area contributed by atoms with E-state index in [4.69, 9.17) is 9.47 Å². The summed E-state index contributed by atoms with van der Waals surface area (Å²) in [5.41, 5.74) is 0. The molecular formula is C12H26N2O2. The number of nitrogens with one attached hydrogen (secondary N) is 1. The smallest absolute Gasteiger partial charge is 0.0698 e. The van der Waals surface area contributed by atoms with Crippen LogP contribution in [0.5, 0.6) is 0 Å². The Hall–Kier alpha value is -0.160. The second kappa shape index (κ2) is 8.93. The first-order valence-corrected chi connectivity index (χ1v) is 6.40. The molecule has 0 spiro atoms. The molecule has 0 aromatic rings. The van der Waals surface area contributed by atoms with Gasteiger partial charge in [-0.3, -0.25) is 4.90 Å². The Kier molecular flexibility index (Phi) is 7.76. The van der Waals surface area contributed by atoms with Crippen molar-refractivity contribution in [3.63, 3.8) is 0 Å². The van der Waals surface area contributed by atoms with Gasteiger partial charge in [-0.2, -0.15) is 0 Å². The predicted octanol–water partition coefficient (Wildman–Crippen LogP) is 0.723. The summed E-state index contributed by atoms with van der Waals surface area (Å²) >= 11 is 0. The molecule has 1 fully saturated rings. The maximum atomic E-state index is 5.40. The van der Waals surface area contributed by atoms with Crippen LogP contribution in [-0.4, -0.2) is 64.1 Å². The van der Waals surface area contributed by atoms with Crippen LogP contribution in [0.4, 0.5) is 0 Å². The molecule has 1 saturated heterocycles. The zero-order valence-electron chi connectivity index (χ0n) is 10.7. The van der Waals surface area contributed by atoms with E-state index in [0.717, 1.165) is 39.4 Å². The van der Waals surface area contributed by atoms with E-state index in [0.29, 0.717) is 6.10 Å². The number of methoxy groups -OCH3 is 1. The van der Waals surface area contributed by atoms with Gasteiger partial charge >= 0.3 is 0 Å². The van der Waals surface area contributed by atoms with Gasteiger partial charge in [-0.05, 0) is 26.3 Å². The number of rotatable bonds is 8. The fraction of sp³-hybridized carbons (Fsp3) is 1.00. The van der Waals surface area contributed by atoms with E-state index < -0.39 is 0 Å². The van der Waals surface area contributed by atoms with E-state index in [1.807, 2.05) is 14.0 Å². The molecule has 0 aromatic heterocycles. The zero-order valence-corrected chi connectivity index (χ0v) is 10.7. The van der Waals surface area contributed by atoms with Crippen molar-refractivity contribution < 1.29 is 9.47 Å². The third-order valence-electron chi connectivity index (χ3n) is 3.03. The lowest BCUT2D eigenvalue weighted by Gasteiger charge is -2.31. The highest BCUT2D eigenvalue weighted by atomic mass is 16.5. The molecular weight excluding hydrogens is 204 g/mol. The first kappa shape index (κ1) is 13.9. The fourth-order valence-corrected chi connectivity index (χ4v) is 2.06. The van der Waals surface area contributed by atoms with Gasteiger partial charge in [0.15, 0.2) is 0 Å². The average molecular weight is 230 g/mol. The number of hydrogen-bond acceptors (Lipinski definition) is 4. The van der Waals surface area contributed by atoms with Crippen LogP contribution >= 0.6 is 0 Å². The monoisotopic (exact) mass is 230 g/mol. The topological polar surface area (TPSA) is 33.7 Å². The molecule has 0 aromatic carbocycles. The van der Waals surface area contributed by atoms with Crippen LogP contribution in [0, 0.1) is 0 Å². The number of hydrogen-bond donors (Lipinski definition) is 1. The summed E-state index contributed by atoms with van der Waals surface area (Å²) in [5, 5.41) is 3.39. The van der Waals surface area contributed by atoms with Gasteiger partial charge in [0.25, 0.3) is 0 Å². The van der Waals surface area contributed by atoms with Crippen LogP contribution in [0.25, 0.3) is 0 Å². The van der Waals surface area contributed by atoms with E-state index in [-0.39, 0.29) is 0 Å². The molecule has 0 bridgehead atoms. The molecule has 1 aliphatic rings. The summed E-state index contributed by atoms with van der Waals surface area (Å²) in [4.78, 5) is 2.48. The van der Waals surface area contributed by atoms with Crippen molar-refractivity contribution in [1.82, 2.24) is 10.2 Å². The minimum absolute atomic E-state index is 0.442. The Labute approximate surface area is 99.3 Å². The van der Waals surface area contributed by atoms with E-state index in [9.17, 15) is 0 Å². The number of piperidine rings is 1. The Bertz CT molecular complexity index is 167. The van der Waals surface area contributed by atoms with Gasteiger partial charge in [-0.25, -0.2) is 0 Å². The van der Waals surface area contributed by atoms with Gasteiger partial charge in [0.2, 0.25) is 0 Å². The Morgan fingerprint density at radius 3 is 3.00 bits per heavy atom. The molecule has 1 unspecified atom stereocenters. The third-order valence-corrected chi connectivity index (χ3v) is 3.03. The zero-order chi connectivity index (χ0) is 11.6. The van der Waals surface area contributed by atoms with Crippen LogP contribution in [-0.2, 0) is 9.47 Å². The highest BCUT2D eigenvalue weighted by molar-refractivity contribution is 4.73. The number of likely N-dealkylation sites (tertiary alicyclic amines) is 1. The minimum Gasteiger partial charge on any atom is -0.380 e. The van der Waals surface area contributed by atoms with Crippen LogP contribution in [0.2, 0.25) is 0 Å². The maximum Gasteiger partial charge on any atom is 0.0698 e. The van der Waals surface area contributed by atoms with Crippen molar-refractivity contribution in [3.8, 4) is 0 Å². The number of ether oxygens (including phenoxy) is 2. The lowest BCUT2D eigenvalue weighted by atomic mass is 10.1. The molecule has 4 nitrogen and oxygen atoms in total. The SMILES string of the molecule is CCOCCNCCN1CCCC(OC)C1. The molecule has 4 heteroatoms. The molecule has 0 aliphatic carbocycles. The minimum atomic E-state index is 0.442. The van der Waals surface area contributed by atoms with E-state index in [1.165, 1.54) is 19.4 Å². The largest absolute Gasteiger partial charge is 0.380 e. The molecule has 1 N–H and O–H groups in total. The van der Waals surface area contributed by atoms with Crippen LogP contribution in [0.3, 0.4) is 0 Å². The highest BCUT2D eigenvalue weighted by Crippen LogP contribution is 2.11. The maximum absolute atomic E-state index is 5.40. The lowest BCUT2D eigenvalue weighted by Crippen LogP contribution is -2.42. The van der Waals surface area contributed by atoms with Crippen LogP contribution < -0.4 is 5.32 Å². The normalized spacial score (nSPS) is 22.5. The molecule has 1 rings (SSSR count). The molecule has 1 atom stereocenters. The van der Waals surface area contributed by atoms with Crippen molar-refractivity contribution in [3.05, 3.63) is 0 Å². The van der Waals surface area contributed by atoms with Gasteiger partial charge in [0.05, 0.1) is 12.7 Å². The van der Waals surface area contributed by atoms with Gasteiger partial charge in [-0.1, -0.05) is 0 Å². The summed E-state index contributed by atoms with van der Waals surface area (Å²) in [6.07, 6.45) is 2.92. The molecule has 1 heterocycles. The molecule has 0 radical (unpaired) electrons. The Balaban J connectivity index is 1.95. The fourth-order valence-electron chi connectivity index (χ4n) is 2.06. The van der Waals surface area contributed by atoms with Crippen molar-refractivity contribution in [2.75, 3.05) is 53.0 Å². The van der Waals surface area contributed by atoms with E-state index in [1.54, 1.807) is 0 Å². The standard InChI is InChI=1S/C12H26N2O2/c1-3-16-10-7-13-6-9-14-8-4-5-12(11-14)15-2/h12-13H,3-11H2,1-2H3. The van der Waals surface area contributed by atoms with Gasteiger partial charge in [0, 0.05) is 39.9 Å². The summed E-state index contributed by atoms with van der Waals surface area (Å²) in [6.45, 7) is 9.07. The second-order valence-corrected chi connectivity index (χ2v) is 4.25. The Morgan fingerprint density at radius 1 is 1.38 bits per heavy atom. The molecule has 96 valence electrons. The third kappa shape index (κ3) is 5.80. The lowest BCUT2D eigenvalue weighted by molar-refractivity contribution is 0.0317. The summed E-state index contributed by atoms with van der Waals surface area (Å²) < 4.78 is 10.7. The van der Waals surface area contributed by atoms with Crippen molar-refractivity contribution in [1.29, 1.82) is 0 Å². The van der Waals surface area contributed by atoms with Gasteiger partial charge in [-0.15, -0.1) is 0 Å². The molecule has 0 amide bonds. The van der Waals surface area contributed by atoms with Crippen molar-refractivity contribution >= 4 is 0 Å². The summed E-state index contributed by atoms with van der Waals surface area (Å²) in [6, 6.07) is 0. The van der Waals surface area contributed by atoms with Gasteiger partial charge < -0.3 is 14.8 Å². The van der Waals surface area contributed by atoms with Crippen LogP contribution in [0.15, 0.2) is 0 Å². The first-order valence-electron chi connectivity index (χ1n) is 6.40. The number of nitrogens with zero attached hydrogens (tertiary/aromatic N) is 1. The summed E-state index contributed by atoms with van der Waals surface area (Å²) in [7, 11) is 1.81. The first-order chi connectivity index (χ1) is 7.86. The molecule has 0 saturated carbocycles. The van der Waals surface area contributed by atoms with Crippen molar-refractivity contribution in [2.45, 2.75) is 25.9 Å². The molecule has 1 aliphatic heterocycles. The predicted molar refractivity (Wildman–Crippen MR) is 65.8 cm³/mol. The quantitative estimate of drug-likeness (QED) is 0.623. The van der Waals surface area contributed by atoms with E-state index >= 15 is 0 Å². The van der Waals surface area contributed by atoms with E-state index in [2.05, 4.69) is 10.2 Å². The van der Waals surface area contributed by atoms with Gasteiger partial charge in [0.1, 0.15) is 0 Å². The second-order valence-electron chi connectivity index (χ2n) is 4.25. The van der Waals surface area contributed by atoms with Crippen molar-refractivity contribution in [2.24, 2.45) is 0 Å².